The average Bonchev–Trinajstić information content (AvgIpc) is 2.96. The molecule has 136 valence electrons. The standard InChI is InChI=1S/C19H16Cl3NO2S/c1-25-11-10-23-15-4-2-3-5-17(15)26-18(23)12-16(24)13-6-8-14(9-7-13)19(20,21)22/h2-9,12H,10-11H2,1H3/b18-12-. The Balaban J connectivity index is 1.85. The van der Waals surface area contributed by atoms with Gasteiger partial charge in [-0.3, -0.25) is 4.79 Å². The van der Waals surface area contributed by atoms with E-state index in [0.29, 0.717) is 24.3 Å². The number of ether oxygens (including phenoxy) is 1. The van der Waals surface area contributed by atoms with Gasteiger partial charge >= 0.3 is 0 Å². The molecule has 0 N–H and O–H groups in total. The van der Waals surface area contributed by atoms with Crippen LogP contribution in [0.4, 0.5) is 5.69 Å². The van der Waals surface area contributed by atoms with Crippen molar-refractivity contribution < 1.29 is 9.53 Å². The smallest absolute Gasteiger partial charge is 0.216 e. The molecule has 1 heterocycles. The molecule has 0 unspecified atom stereocenters. The third-order valence-corrected chi connectivity index (χ3v) is 5.67. The molecular formula is C19H16Cl3NO2S. The lowest BCUT2D eigenvalue weighted by Crippen LogP contribution is -2.23. The first-order chi connectivity index (χ1) is 12.4. The van der Waals surface area contributed by atoms with Crippen molar-refractivity contribution in [2.24, 2.45) is 0 Å². The molecule has 0 atom stereocenters. The molecule has 7 heteroatoms. The van der Waals surface area contributed by atoms with E-state index < -0.39 is 3.79 Å². The lowest BCUT2D eigenvalue weighted by molar-refractivity contribution is 0.104. The van der Waals surface area contributed by atoms with Crippen molar-refractivity contribution in [1.82, 2.24) is 0 Å². The first-order valence-electron chi connectivity index (χ1n) is 7.87. The van der Waals surface area contributed by atoms with Crippen LogP contribution in [0.5, 0.6) is 0 Å². The Morgan fingerprint density at radius 3 is 2.50 bits per heavy atom. The zero-order valence-corrected chi connectivity index (χ0v) is 17.0. The number of anilines is 1. The van der Waals surface area contributed by atoms with Crippen molar-refractivity contribution in [3.05, 3.63) is 70.8 Å². The number of carbonyl (C=O) groups is 1. The Morgan fingerprint density at radius 1 is 1.15 bits per heavy atom. The molecule has 0 bridgehead atoms. The van der Waals surface area contributed by atoms with Gasteiger partial charge in [0, 0.05) is 35.8 Å². The molecule has 0 spiro atoms. The number of hydrogen-bond acceptors (Lipinski definition) is 4. The van der Waals surface area contributed by atoms with E-state index in [1.165, 1.54) is 0 Å². The Kier molecular flexibility index (Phi) is 6.21. The summed E-state index contributed by atoms with van der Waals surface area (Å²) in [7, 11) is 1.66. The second-order valence-electron chi connectivity index (χ2n) is 5.64. The van der Waals surface area contributed by atoms with Crippen molar-refractivity contribution in [2.75, 3.05) is 25.2 Å². The number of fused-ring (bicyclic) bond motifs is 1. The summed E-state index contributed by atoms with van der Waals surface area (Å²) in [4.78, 5) is 15.9. The third kappa shape index (κ3) is 4.38. The normalized spacial score (nSPS) is 15.4. The number of halogens is 3. The van der Waals surface area contributed by atoms with Crippen LogP contribution in [0.1, 0.15) is 15.9 Å². The summed E-state index contributed by atoms with van der Waals surface area (Å²) in [6.07, 6.45) is 1.64. The van der Waals surface area contributed by atoms with Gasteiger partial charge in [0.1, 0.15) is 0 Å². The van der Waals surface area contributed by atoms with E-state index in [9.17, 15) is 4.79 Å². The first kappa shape index (κ1) is 19.6. The number of alkyl halides is 3. The number of allylic oxidation sites excluding steroid dienone is 1. The van der Waals surface area contributed by atoms with Gasteiger partial charge in [-0.1, -0.05) is 83.0 Å². The summed E-state index contributed by atoms with van der Waals surface area (Å²) in [6, 6.07) is 14.7. The van der Waals surface area contributed by atoms with Gasteiger partial charge in [0.15, 0.2) is 5.78 Å². The summed E-state index contributed by atoms with van der Waals surface area (Å²) in [6.45, 7) is 1.24. The van der Waals surface area contributed by atoms with E-state index in [0.717, 1.165) is 15.6 Å². The van der Waals surface area contributed by atoms with Crippen LogP contribution in [-0.4, -0.2) is 26.0 Å². The highest BCUT2D eigenvalue weighted by Gasteiger charge is 2.26. The lowest BCUT2D eigenvalue weighted by Gasteiger charge is -2.19. The van der Waals surface area contributed by atoms with E-state index >= 15 is 0 Å². The highest BCUT2D eigenvalue weighted by atomic mass is 35.6. The predicted octanol–water partition coefficient (Wildman–Crippen LogP) is 5.80. The molecule has 0 saturated carbocycles. The highest BCUT2D eigenvalue weighted by molar-refractivity contribution is 8.03. The van der Waals surface area contributed by atoms with Crippen LogP contribution < -0.4 is 4.90 Å². The van der Waals surface area contributed by atoms with Gasteiger partial charge in [-0.15, -0.1) is 0 Å². The van der Waals surface area contributed by atoms with Crippen LogP contribution in [0.15, 0.2) is 64.5 Å². The Labute approximate surface area is 171 Å². The molecule has 3 nitrogen and oxygen atoms in total. The number of rotatable bonds is 5. The van der Waals surface area contributed by atoms with Gasteiger partial charge in [0.05, 0.1) is 17.3 Å². The van der Waals surface area contributed by atoms with Crippen LogP contribution in [0, 0.1) is 0 Å². The monoisotopic (exact) mass is 427 g/mol. The topological polar surface area (TPSA) is 29.5 Å². The molecule has 0 radical (unpaired) electrons. The molecular weight excluding hydrogens is 413 g/mol. The minimum absolute atomic E-state index is 0.0985. The largest absolute Gasteiger partial charge is 0.383 e. The zero-order chi connectivity index (χ0) is 18.7. The quantitative estimate of drug-likeness (QED) is 0.342. The fourth-order valence-electron chi connectivity index (χ4n) is 2.59. The number of para-hydroxylation sites is 1. The molecule has 0 aromatic heterocycles. The van der Waals surface area contributed by atoms with Gasteiger partial charge in [-0.05, 0) is 12.1 Å². The Bertz CT molecular complexity index is 831. The molecule has 0 saturated heterocycles. The van der Waals surface area contributed by atoms with E-state index in [4.69, 9.17) is 39.5 Å². The molecule has 1 aliphatic heterocycles. The van der Waals surface area contributed by atoms with Gasteiger partial charge in [0.2, 0.25) is 3.79 Å². The number of methoxy groups -OCH3 is 1. The summed E-state index contributed by atoms with van der Waals surface area (Å²) < 4.78 is 3.70. The van der Waals surface area contributed by atoms with Crippen LogP contribution in [0.3, 0.4) is 0 Å². The molecule has 0 amide bonds. The van der Waals surface area contributed by atoms with Crippen molar-refractivity contribution in [3.63, 3.8) is 0 Å². The molecule has 2 aromatic rings. The minimum atomic E-state index is -1.50. The Morgan fingerprint density at radius 2 is 1.85 bits per heavy atom. The number of thioether (sulfide) groups is 1. The second kappa shape index (κ2) is 8.24. The summed E-state index contributed by atoms with van der Waals surface area (Å²) in [5.41, 5.74) is 2.15. The number of nitrogens with zero attached hydrogens (tertiary/aromatic N) is 1. The SMILES string of the molecule is COCCN1/C(=C/C(=O)c2ccc(C(Cl)(Cl)Cl)cc2)Sc2ccccc21. The lowest BCUT2D eigenvalue weighted by atomic mass is 10.1. The van der Waals surface area contributed by atoms with Crippen LogP contribution >= 0.6 is 46.6 Å². The summed E-state index contributed by atoms with van der Waals surface area (Å²) in [5, 5.41) is 0.874. The number of ketones is 1. The third-order valence-electron chi connectivity index (χ3n) is 3.91. The summed E-state index contributed by atoms with van der Waals surface area (Å²) >= 11 is 19.2. The number of carbonyl (C=O) groups excluding carboxylic acids is 1. The summed E-state index contributed by atoms with van der Waals surface area (Å²) in [5.74, 6) is -0.0985. The number of benzene rings is 2. The van der Waals surface area contributed by atoms with Gasteiger partial charge in [-0.2, -0.15) is 0 Å². The molecule has 2 aromatic carbocycles. The molecule has 0 aliphatic carbocycles. The maximum Gasteiger partial charge on any atom is 0.216 e. The Hall–Kier alpha value is -1.17. The fraction of sp³-hybridized carbons (Fsp3) is 0.211. The molecule has 1 aliphatic rings. The second-order valence-corrected chi connectivity index (χ2v) is 8.98. The fourth-order valence-corrected chi connectivity index (χ4v) is 4.09. The van der Waals surface area contributed by atoms with Crippen LogP contribution in [0.25, 0.3) is 0 Å². The van der Waals surface area contributed by atoms with Crippen molar-refractivity contribution in [2.45, 2.75) is 8.69 Å². The highest BCUT2D eigenvalue weighted by Crippen LogP contribution is 2.45. The van der Waals surface area contributed by atoms with E-state index in [1.54, 1.807) is 49.2 Å². The van der Waals surface area contributed by atoms with Crippen LogP contribution in [0.2, 0.25) is 0 Å². The van der Waals surface area contributed by atoms with Crippen molar-refractivity contribution >= 4 is 58.0 Å². The molecule has 26 heavy (non-hydrogen) atoms. The van der Waals surface area contributed by atoms with Crippen molar-refractivity contribution in [3.8, 4) is 0 Å². The molecule has 3 rings (SSSR count). The van der Waals surface area contributed by atoms with Gasteiger partial charge in [-0.25, -0.2) is 0 Å². The van der Waals surface area contributed by atoms with Crippen LogP contribution in [-0.2, 0) is 8.53 Å². The first-order valence-corrected chi connectivity index (χ1v) is 9.82. The number of hydrogen-bond donors (Lipinski definition) is 0. The maximum atomic E-state index is 12.7. The average molecular weight is 429 g/mol. The van der Waals surface area contributed by atoms with Gasteiger partial charge < -0.3 is 9.64 Å². The van der Waals surface area contributed by atoms with E-state index in [2.05, 4.69) is 4.90 Å². The van der Waals surface area contributed by atoms with E-state index in [1.807, 2.05) is 24.3 Å². The van der Waals surface area contributed by atoms with Gasteiger partial charge in [0.25, 0.3) is 0 Å². The van der Waals surface area contributed by atoms with E-state index in [-0.39, 0.29) is 5.78 Å². The zero-order valence-electron chi connectivity index (χ0n) is 13.9. The maximum absolute atomic E-state index is 12.7. The minimum Gasteiger partial charge on any atom is -0.383 e. The van der Waals surface area contributed by atoms with Crippen molar-refractivity contribution in [1.29, 1.82) is 0 Å². The molecule has 0 fully saturated rings. The predicted molar refractivity (Wildman–Crippen MR) is 110 cm³/mol.